The largest absolute Gasteiger partial charge is 0.297 e. The van der Waals surface area contributed by atoms with E-state index in [1.165, 1.54) is 16.8 Å². The molecule has 4 rings (SSSR count). The third kappa shape index (κ3) is 5.20. The molecular weight excluding hydrogens is 391 g/mol. The topological polar surface area (TPSA) is 52.0 Å². The Balaban J connectivity index is 1.66. The molecule has 0 aliphatic heterocycles. The smallest absolute Gasteiger partial charge is 0.270 e. The highest BCUT2D eigenvalue weighted by Crippen LogP contribution is 2.17. The van der Waals surface area contributed by atoms with Gasteiger partial charge in [-0.05, 0) is 29.3 Å². The van der Waals surface area contributed by atoms with Crippen molar-refractivity contribution in [2.45, 2.75) is 19.4 Å². The molecule has 1 aromatic heterocycles. The maximum atomic E-state index is 13.1. The van der Waals surface area contributed by atoms with Gasteiger partial charge in [0.2, 0.25) is 0 Å². The molecule has 154 valence electrons. The number of carbonyl (C=O) groups excluding carboxylic acids is 1. The average Bonchev–Trinajstić information content (AvgIpc) is 2.79. The van der Waals surface area contributed by atoms with E-state index in [0.717, 1.165) is 11.1 Å². The monoisotopic (exact) mass is 412 g/mol. The minimum atomic E-state index is -0.352. The van der Waals surface area contributed by atoms with Crippen molar-refractivity contribution in [1.82, 2.24) is 9.78 Å². The molecule has 0 saturated carbocycles. The van der Waals surface area contributed by atoms with E-state index in [-0.39, 0.29) is 30.1 Å². The van der Waals surface area contributed by atoms with Gasteiger partial charge in [-0.1, -0.05) is 72.8 Å². The Morgan fingerprint density at radius 2 is 1.48 bits per heavy atom. The van der Waals surface area contributed by atoms with Crippen LogP contribution < -0.4 is 5.56 Å². The lowest BCUT2D eigenvalue weighted by Gasteiger charge is -2.11. The molecule has 0 fully saturated rings. The number of hydrogen-bond donors (Lipinski definition) is 0. The van der Waals surface area contributed by atoms with Crippen molar-refractivity contribution in [3.63, 3.8) is 0 Å². The lowest BCUT2D eigenvalue weighted by atomic mass is 10.0. The summed E-state index contributed by atoms with van der Waals surface area (Å²) in [6.45, 7) is -0.140. The van der Waals surface area contributed by atoms with Crippen molar-refractivity contribution < 1.29 is 9.18 Å². The molecule has 1 heterocycles. The lowest BCUT2D eigenvalue weighted by Crippen LogP contribution is -2.30. The Kier molecular flexibility index (Phi) is 6.13. The van der Waals surface area contributed by atoms with Crippen molar-refractivity contribution in [3.8, 4) is 11.3 Å². The normalized spacial score (nSPS) is 10.7. The molecule has 31 heavy (non-hydrogen) atoms. The van der Waals surface area contributed by atoms with E-state index in [2.05, 4.69) is 5.10 Å². The van der Waals surface area contributed by atoms with Gasteiger partial charge >= 0.3 is 0 Å². The molecule has 0 bridgehead atoms. The first-order chi connectivity index (χ1) is 15.1. The third-order valence-electron chi connectivity index (χ3n) is 5.00. The van der Waals surface area contributed by atoms with Crippen LogP contribution in [0.4, 0.5) is 4.39 Å². The number of carbonyl (C=O) groups is 1. The molecule has 3 aromatic carbocycles. The van der Waals surface area contributed by atoms with Crippen LogP contribution >= 0.6 is 0 Å². The summed E-state index contributed by atoms with van der Waals surface area (Å²) in [5.41, 5.74) is 3.51. The van der Waals surface area contributed by atoms with Crippen LogP contribution in [0.5, 0.6) is 0 Å². The molecule has 0 aliphatic rings. The Morgan fingerprint density at radius 3 is 2.16 bits per heavy atom. The molecule has 4 aromatic rings. The van der Waals surface area contributed by atoms with Gasteiger partial charge in [0.25, 0.3) is 5.56 Å². The summed E-state index contributed by atoms with van der Waals surface area (Å²) in [4.78, 5) is 25.7. The van der Waals surface area contributed by atoms with Crippen molar-refractivity contribution in [2.24, 2.45) is 0 Å². The third-order valence-corrected chi connectivity index (χ3v) is 5.00. The number of benzene rings is 3. The summed E-state index contributed by atoms with van der Waals surface area (Å²) in [7, 11) is 0. The minimum Gasteiger partial charge on any atom is -0.297 e. The van der Waals surface area contributed by atoms with E-state index in [0.29, 0.717) is 23.2 Å². The van der Waals surface area contributed by atoms with Crippen LogP contribution in [0.1, 0.15) is 16.7 Å². The predicted octanol–water partition coefficient (Wildman–Crippen LogP) is 4.45. The van der Waals surface area contributed by atoms with Crippen LogP contribution in [0.3, 0.4) is 0 Å². The Morgan fingerprint density at radius 1 is 0.839 bits per heavy atom. The van der Waals surface area contributed by atoms with Gasteiger partial charge in [-0.15, -0.1) is 0 Å². The van der Waals surface area contributed by atoms with E-state index in [4.69, 9.17) is 0 Å². The molecule has 0 spiro atoms. The second kappa shape index (κ2) is 9.30. The zero-order chi connectivity index (χ0) is 21.6. The maximum Gasteiger partial charge on any atom is 0.270 e. The molecule has 0 atom stereocenters. The number of ketones is 1. The van der Waals surface area contributed by atoms with Crippen LogP contribution in [-0.4, -0.2) is 15.6 Å². The number of aromatic nitrogens is 2. The molecule has 0 aliphatic carbocycles. The summed E-state index contributed by atoms with van der Waals surface area (Å²) in [6.07, 6.45) is 0.562. The molecule has 0 unspecified atom stereocenters. The molecule has 0 radical (unpaired) electrons. The average molecular weight is 412 g/mol. The SMILES string of the molecule is O=C(Cc1ccc(F)cc1)Cn1nc(-c2ccccc2)cc(Cc2ccccc2)c1=O. The van der Waals surface area contributed by atoms with Gasteiger partial charge in [-0.3, -0.25) is 9.59 Å². The number of halogens is 1. The second-order valence-electron chi connectivity index (χ2n) is 7.39. The van der Waals surface area contributed by atoms with E-state index in [1.807, 2.05) is 60.7 Å². The zero-order valence-corrected chi connectivity index (χ0v) is 16.9. The molecule has 4 nitrogen and oxygen atoms in total. The fourth-order valence-electron chi connectivity index (χ4n) is 3.45. The molecule has 5 heteroatoms. The minimum absolute atomic E-state index is 0.109. The highest BCUT2D eigenvalue weighted by molar-refractivity contribution is 5.80. The van der Waals surface area contributed by atoms with E-state index in [9.17, 15) is 14.0 Å². The van der Waals surface area contributed by atoms with Crippen LogP contribution in [0, 0.1) is 5.82 Å². The number of rotatable bonds is 7. The van der Waals surface area contributed by atoms with Crippen LogP contribution in [0.25, 0.3) is 11.3 Å². The van der Waals surface area contributed by atoms with Gasteiger partial charge in [0.1, 0.15) is 12.4 Å². The predicted molar refractivity (Wildman–Crippen MR) is 118 cm³/mol. The standard InChI is InChI=1S/C26H21FN2O2/c27-23-13-11-20(12-14-23)16-24(30)18-29-26(31)22(15-19-7-3-1-4-8-19)17-25(28-29)21-9-5-2-6-10-21/h1-14,17H,15-16,18H2. The van der Waals surface area contributed by atoms with Gasteiger partial charge < -0.3 is 0 Å². The molecular formula is C26H21FN2O2. The number of Topliss-reactive ketones (excluding diaryl/α,β-unsaturated/α-hetero) is 1. The summed E-state index contributed by atoms with van der Waals surface area (Å²) in [6, 6.07) is 26.9. The second-order valence-corrected chi connectivity index (χ2v) is 7.39. The van der Waals surface area contributed by atoms with Gasteiger partial charge in [-0.2, -0.15) is 5.10 Å². The van der Waals surface area contributed by atoms with Crippen molar-refractivity contribution >= 4 is 5.78 Å². The van der Waals surface area contributed by atoms with Crippen molar-refractivity contribution in [3.05, 3.63) is 124 Å². The molecule has 0 amide bonds. The van der Waals surface area contributed by atoms with E-state index < -0.39 is 0 Å². The fraction of sp³-hybridized carbons (Fsp3) is 0.115. The lowest BCUT2D eigenvalue weighted by molar-refractivity contribution is -0.119. The number of nitrogens with zero attached hydrogens (tertiary/aromatic N) is 2. The molecule has 0 N–H and O–H groups in total. The van der Waals surface area contributed by atoms with E-state index in [1.54, 1.807) is 18.2 Å². The van der Waals surface area contributed by atoms with Crippen LogP contribution in [-0.2, 0) is 24.2 Å². The quantitative estimate of drug-likeness (QED) is 0.451. The van der Waals surface area contributed by atoms with Crippen molar-refractivity contribution in [1.29, 1.82) is 0 Å². The summed E-state index contributed by atoms with van der Waals surface area (Å²) < 4.78 is 14.4. The van der Waals surface area contributed by atoms with Crippen LogP contribution in [0.15, 0.2) is 95.8 Å². The Bertz CT molecular complexity index is 1230. The molecule has 0 saturated heterocycles. The fourth-order valence-corrected chi connectivity index (χ4v) is 3.45. The Hall–Kier alpha value is -3.86. The first-order valence-corrected chi connectivity index (χ1v) is 10.0. The maximum absolute atomic E-state index is 13.1. The number of hydrogen-bond acceptors (Lipinski definition) is 3. The highest BCUT2D eigenvalue weighted by Gasteiger charge is 2.14. The van der Waals surface area contributed by atoms with Gasteiger partial charge in [0, 0.05) is 24.0 Å². The Labute approximate surface area is 179 Å². The summed E-state index contributed by atoms with van der Waals surface area (Å²) >= 11 is 0. The highest BCUT2D eigenvalue weighted by atomic mass is 19.1. The summed E-state index contributed by atoms with van der Waals surface area (Å²) in [5.74, 6) is -0.521. The first kappa shape index (κ1) is 20.4. The van der Waals surface area contributed by atoms with Gasteiger partial charge in [0.05, 0.1) is 5.69 Å². The first-order valence-electron chi connectivity index (χ1n) is 10.0. The van der Waals surface area contributed by atoms with E-state index >= 15 is 0 Å². The van der Waals surface area contributed by atoms with Crippen LogP contribution in [0.2, 0.25) is 0 Å². The van der Waals surface area contributed by atoms with Crippen molar-refractivity contribution in [2.75, 3.05) is 0 Å². The van der Waals surface area contributed by atoms with Gasteiger partial charge in [0.15, 0.2) is 5.78 Å². The van der Waals surface area contributed by atoms with Gasteiger partial charge in [-0.25, -0.2) is 9.07 Å². The zero-order valence-electron chi connectivity index (χ0n) is 16.9. The summed E-state index contributed by atoms with van der Waals surface area (Å²) in [5, 5.41) is 4.46.